The molecule has 1 amide bonds. The first-order valence-electron chi connectivity index (χ1n) is 7.66. The lowest BCUT2D eigenvalue weighted by Gasteiger charge is -2.34. The topological polar surface area (TPSA) is 92.9 Å². The van der Waals surface area contributed by atoms with E-state index in [4.69, 9.17) is 14.3 Å². The van der Waals surface area contributed by atoms with Crippen molar-refractivity contribution in [3.8, 4) is 11.3 Å². The minimum atomic E-state index is -1.08. The number of aliphatic carboxylic acids is 1. The fourth-order valence-corrected chi connectivity index (χ4v) is 2.76. The van der Waals surface area contributed by atoms with Crippen LogP contribution in [0.5, 0.6) is 0 Å². The number of carbonyl (C=O) groups is 2. The number of ether oxygens (including phenoxy) is 1. The number of aryl methyl sites for hydroxylation is 1. The Morgan fingerprint density at radius 1 is 1.25 bits per heavy atom. The van der Waals surface area contributed by atoms with Crippen LogP contribution < -0.4 is 0 Å². The second kappa shape index (κ2) is 6.45. The maximum absolute atomic E-state index is 12.9. The van der Waals surface area contributed by atoms with Crippen LogP contribution in [0.25, 0.3) is 11.3 Å². The largest absolute Gasteiger partial charge is 0.479 e. The van der Waals surface area contributed by atoms with Gasteiger partial charge in [0.1, 0.15) is 0 Å². The number of carbonyl (C=O) groups excluding carboxylic acids is 1. The van der Waals surface area contributed by atoms with Gasteiger partial charge in [-0.1, -0.05) is 30.3 Å². The Morgan fingerprint density at radius 2 is 1.96 bits per heavy atom. The van der Waals surface area contributed by atoms with Gasteiger partial charge in [-0.2, -0.15) is 0 Å². The van der Waals surface area contributed by atoms with E-state index in [1.54, 1.807) is 13.8 Å². The standard InChI is InChI=1S/C17H18N2O5/c1-10-8-19(9-13(23-10)17(21)22)16(20)14-15(24-11(2)18-14)12-6-4-3-5-7-12/h3-7,10,13H,8-9H2,1-2H3,(H,21,22)/t10-,13?/m1/s1. The second-order valence-corrected chi connectivity index (χ2v) is 5.76. The van der Waals surface area contributed by atoms with Gasteiger partial charge in [-0.25, -0.2) is 9.78 Å². The molecular formula is C17H18N2O5. The first kappa shape index (κ1) is 16.2. The molecule has 2 aromatic rings. The predicted molar refractivity (Wildman–Crippen MR) is 84.6 cm³/mol. The summed E-state index contributed by atoms with van der Waals surface area (Å²) in [6, 6.07) is 9.23. The van der Waals surface area contributed by atoms with Gasteiger partial charge >= 0.3 is 5.97 Å². The Balaban J connectivity index is 1.92. The normalized spacial score (nSPS) is 20.8. The molecule has 3 rings (SSSR count). The molecule has 0 aliphatic carbocycles. The number of morpholine rings is 1. The van der Waals surface area contributed by atoms with Crippen molar-refractivity contribution in [3.63, 3.8) is 0 Å². The van der Waals surface area contributed by atoms with Crippen molar-refractivity contribution in [2.75, 3.05) is 13.1 Å². The van der Waals surface area contributed by atoms with Crippen molar-refractivity contribution in [1.82, 2.24) is 9.88 Å². The van der Waals surface area contributed by atoms with E-state index in [9.17, 15) is 9.59 Å². The van der Waals surface area contributed by atoms with Crippen LogP contribution in [0.2, 0.25) is 0 Å². The summed E-state index contributed by atoms with van der Waals surface area (Å²) < 4.78 is 11.0. The van der Waals surface area contributed by atoms with Gasteiger partial charge in [0.15, 0.2) is 23.4 Å². The van der Waals surface area contributed by atoms with E-state index in [-0.39, 0.29) is 24.2 Å². The fourth-order valence-electron chi connectivity index (χ4n) is 2.76. The third kappa shape index (κ3) is 3.16. The maximum Gasteiger partial charge on any atom is 0.334 e. The summed E-state index contributed by atoms with van der Waals surface area (Å²) in [5.41, 5.74) is 0.939. The zero-order valence-electron chi connectivity index (χ0n) is 13.4. The molecule has 2 heterocycles. The van der Waals surface area contributed by atoms with Gasteiger partial charge < -0.3 is 19.2 Å². The molecule has 1 fully saturated rings. The summed E-state index contributed by atoms with van der Waals surface area (Å²) in [7, 11) is 0. The average Bonchev–Trinajstić information content (AvgIpc) is 2.96. The summed E-state index contributed by atoms with van der Waals surface area (Å²) in [4.78, 5) is 29.7. The molecule has 1 N–H and O–H groups in total. The third-order valence-corrected chi connectivity index (χ3v) is 3.80. The Labute approximate surface area is 138 Å². The zero-order chi connectivity index (χ0) is 17.3. The van der Waals surface area contributed by atoms with Gasteiger partial charge in [-0.05, 0) is 6.92 Å². The van der Waals surface area contributed by atoms with Gasteiger partial charge in [-0.15, -0.1) is 0 Å². The first-order valence-corrected chi connectivity index (χ1v) is 7.66. The summed E-state index contributed by atoms with van der Waals surface area (Å²) in [5.74, 6) is -0.663. The summed E-state index contributed by atoms with van der Waals surface area (Å²) >= 11 is 0. The Kier molecular flexibility index (Phi) is 4.35. The van der Waals surface area contributed by atoms with Crippen LogP contribution in [-0.4, -0.2) is 52.2 Å². The number of hydrogen-bond donors (Lipinski definition) is 1. The minimum absolute atomic E-state index is 0.0152. The first-order chi connectivity index (χ1) is 11.5. The number of aromatic nitrogens is 1. The van der Waals surface area contributed by atoms with Gasteiger partial charge in [0.2, 0.25) is 0 Å². The molecule has 1 saturated heterocycles. The van der Waals surface area contributed by atoms with Crippen LogP contribution in [0, 0.1) is 6.92 Å². The number of oxazole rings is 1. The molecule has 2 atom stereocenters. The van der Waals surface area contributed by atoms with Gasteiger partial charge in [0.05, 0.1) is 12.6 Å². The minimum Gasteiger partial charge on any atom is -0.479 e. The number of benzene rings is 1. The summed E-state index contributed by atoms with van der Waals surface area (Å²) in [6.45, 7) is 3.70. The Hall–Kier alpha value is -2.67. The van der Waals surface area contributed by atoms with Crippen molar-refractivity contribution < 1.29 is 23.8 Å². The van der Waals surface area contributed by atoms with Gasteiger partial charge in [0, 0.05) is 19.0 Å². The number of rotatable bonds is 3. The lowest BCUT2D eigenvalue weighted by atomic mass is 10.1. The third-order valence-electron chi connectivity index (χ3n) is 3.80. The van der Waals surface area contributed by atoms with E-state index in [0.29, 0.717) is 18.2 Å². The van der Waals surface area contributed by atoms with E-state index in [0.717, 1.165) is 5.56 Å². The highest BCUT2D eigenvalue weighted by Gasteiger charge is 2.35. The van der Waals surface area contributed by atoms with Crippen molar-refractivity contribution >= 4 is 11.9 Å². The van der Waals surface area contributed by atoms with E-state index in [1.807, 2.05) is 30.3 Å². The molecule has 24 heavy (non-hydrogen) atoms. The van der Waals surface area contributed by atoms with Crippen molar-refractivity contribution in [2.45, 2.75) is 26.1 Å². The highest BCUT2D eigenvalue weighted by Crippen LogP contribution is 2.26. The maximum atomic E-state index is 12.9. The summed E-state index contributed by atoms with van der Waals surface area (Å²) in [6.07, 6.45) is -1.40. The molecule has 0 saturated carbocycles. The van der Waals surface area contributed by atoms with Crippen LogP contribution in [0.1, 0.15) is 23.3 Å². The number of nitrogens with zero attached hydrogens (tertiary/aromatic N) is 2. The number of carboxylic acids is 1. The summed E-state index contributed by atoms with van der Waals surface area (Å²) in [5, 5.41) is 9.17. The molecule has 126 valence electrons. The van der Waals surface area contributed by atoms with E-state index < -0.39 is 12.1 Å². The molecule has 7 nitrogen and oxygen atoms in total. The zero-order valence-corrected chi connectivity index (χ0v) is 13.4. The van der Waals surface area contributed by atoms with E-state index >= 15 is 0 Å². The molecule has 1 aromatic carbocycles. The van der Waals surface area contributed by atoms with Crippen LogP contribution in [0.3, 0.4) is 0 Å². The quantitative estimate of drug-likeness (QED) is 0.925. The van der Waals surface area contributed by atoms with Crippen LogP contribution in [0.4, 0.5) is 0 Å². The fraction of sp³-hybridized carbons (Fsp3) is 0.353. The van der Waals surface area contributed by atoms with E-state index in [2.05, 4.69) is 4.98 Å². The number of carboxylic acid groups (broad SMARTS) is 1. The number of amides is 1. The molecular weight excluding hydrogens is 312 g/mol. The van der Waals surface area contributed by atoms with Gasteiger partial charge in [0.25, 0.3) is 5.91 Å². The van der Waals surface area contributed by atoms with Crippen molar-refractivity contribution in [1.29, 1.82) is 0 Å². The highest BCUT2D eigenvalue weighted by molar-refractivity contribution is 5.98. The molecule has 1 aliphatic heterocycles. The molecule has 1 aromatic heterocycles. The molecule has 7 heteroatoms. The van der Waals surface area contributed by atoms with Crippen LogP contribution in [0.15, 0.2) is 34.7 Å². The molecule has 0 bridgehead atoms. The molecule has 1 aliphatic rings. The monoisotopic (exact) mass is 330 g/mol. The van der Waals surface area contributed by atoms with Gasteiger partial charge in [-0.3, -0.25) is 4.79 Å². The second-order valence-electron chi connectivity index (χ2n) is 5.76. The Bertz CT molecular complexity index is 756. The number of hydrogen-bond acceptors (Lipinski definition) is 5. The SMILES string of the molecule is Cc1nc(C(=O)N2CC(C(=O)O)O[C@H](C)C2)c(-c2ccccc2)o1. The predicted octanol–water partition coefficient (Wildman–Crippen LogP) is 1.96. The van der Waals surface area contributed by atoms with Crippen LogP contribution in [-0.2, 0) is 9.53 Å². The molecule has 0 radical (unpaired) electrons. The highest BCUT2D eigenvalue weighted by atomic mass is 16.5. The lowest BCUT2D eigenvalue weighted by molar-refractivity contribution is -0.160. The Morgan fingerprint density at radius 3 is 2.62 bits per heavy atom. The average molecular weight is 330 g/mol. The molecule has 0 spiro atoms. The lowest BCUT2D eigenvalue weighted by Crippen LogP contribution is -2.51. The smallest absolute Gasteiger partial charge is 0.334 e. The van der Waals surface area contributed by atoms with Crippen molar-refractivity contribution in [2.24, 2.45) is 0 Å². The van der Waals surface area contributed by atoms with Crippen LogP contribution >= 0.6 is 0 Å². The van der Waals surface area contributed by atoms with Crippen molar-refractivity contribution in [3.05, 3.63) is 41.9 Å². The molecule has 1 unspecified atom stereocenters. The van der Waals surface area contributed by atoms with E-state index in [1.165, 1.54) is 4.90 Å².